The zero-order valence-corrected chi connectivity index (χ0v) is 18.8. The van der Waals surface area contributed by atoms with Gasteiger partial charge in [-0.25, -0.2) is 4.79 Å². The van der Waals surface area contributed by atoms with Gasteiger partial charge in [-0.1, -0.05) is 36.4 Å². The molecule has 2 unspecified atom stereocenters. The summed E-state index contributed by atoms with van der Waals surface area (Å²) in [7, 11) is 0. The highest BCUT2D eigenvalue weighted by atomic mass is 16.6. The Morgan fingerprint density at radius 3 is 2.34 bits per heavy atom. The fraction of sp³-hybridized carbons (Fsp3) is 0.440. The van der Waals surface area contributed by atoms with Gasteiger partial charge in [0.05, 0.1) is 12.0 Å². The summed E-state index contributed by atoms with van der Waals surface area (Å²) in [6.45, 7) is 6.41. The van der Waals surface area contributed by atoms with Crippen molar-refractivity contribution >= 4 is 12.0 Å². The molecule has 2 amide bonds. The molecule has 1 aromatic heterocycles. The monoisotopic (exact) mass is 434 g/mol. The van der Waals surface area contributed by atoms with Crippen LogP contribution in [0.15, 0.2) is 54.9 Å². The molecule has 1 aliphatic heterocycles. The average Bonchev–Trinajstić information content (AvgIpc) is 2.78. The van der Waals surface area contributed by atoms with Gasteiger partial charge in [0.2, 0.25) is 5.91 Å². The van der Waals surface area contributed by atoms with Crippen LogP contribution in [-0.2, 0) is 9.53 Å². The normalized spacial score (nSPS) is 16.5. The molecule has 2 atom stereocenters. The third-order valence-electron chi connectivity index (χ3n) is 5.55. The van der Waals surface area contributed by atoms with Gasteiger partial charge < -0.3 is 15.0 Å². The first-order valence-corrected chi connectivity index (χ1v) is 10.9. The van der Waals surface area contributed by atoms with Crippen molar-refractivity contribution in [3.63, 3.8) is 0 Å². The van der Waals surface area contributed by atoms with Crippen LogP contribution < -0.4 is 5.32 Å². The Morgan fingerprint density at radius 1 is 1.12 bits per heavy atom. The molecule has 168 valence electrons. The van der Waals surface area contributed by atoms with Gasteiger partial charge in [-0.2, -0.15) is 5.26 Å². The first-order valence-electron chi connectivity index (χ1n) is 10.9. The zero-order chi connectivity index (χ0) is 23.1. The van der Waals surface area contributed by atoms with Gasteiger partial charge in [0.25, 0.3) is 0 Å². The number of hydrogen-bond donors (Lipinski definition) is 1. The Balaban J connectivity index is 1.69. The lowest BCUT2D eigenvalue weighted by Crippen LogP contribution is -2.47. The number of alkyl carbamates (subject to hydrolysis) is 1. The van der Waals surface area contributed by atoms with Gasteiger partial charge in [0.15, 0.2) is 0 Å². The third-order valence-corrected chi connectivity index (χ3v) is 5.55. The second kappa shape index (κ2) is 10.3. The average molecular weight is 435 g/mol. The molecule has 0 spiro atoms. The first kappa shape index (κ1) is 23.3. The molecular weight excluding hydrogens is 404 g/mol. The summed E-state index contributed by atoms with van der Waals surface area (Å²) in [4.78, 5) is 31.7. The van der Waals surface area contributed by atoms with Crippen LogP contribution in [0.2, 0.25) is 0 Å². The molecule has 0 saturated carbocycles. The number of nitriles is 1. The Labute approximate surface area is 189 Å². The van der Waals surface area contributed by atoms with Crippen molar-refractivity contribution in [3.05, 3.63) is 66.0 Å². The van der Waals surface area contributed by atoms with Crippen LogP contribution in [0.4, 0.5) is 4.79 Å². The molecule has 1 aromatic carbocycles. The predicted octanol–water partition coefficient (Wildman–Crippen LogP) is 4.19. The maximum absolute atomic E-state index is 13.4. The number of likely N-dealkylation sites (tertiary alicyclic amines) is 1. The van der Waals surface area contributed by atoms with Crippen molar-refractivity contribution < 1.29 is 14.3 Å². The standard InChI is InChI=1S/C25H30N4O3/c1-25(2,3)32-24(31)28-22(19-8-5-4-6-9-19)23(30)29-14-11-18(12-15-29)21(16-26)20-10-7-13-27-17-20/h4-10,13,17-18,21-22H,11-12,14-15H2,1-3H3,(H,28,31). The second-order valence-corrected chi connectivity index (χ2v) is 9.05. The van der Waals surface area contributed by atoms with E-state index in [9.17, 15) is 14.9 Å². The number of amides is 2. The highest BCUT2D eigenvalue weighted by molar-refractivity contribution is 5.87. The van der Waals surface area contributed by atoms with Crippen molar-refractivity contribution in [1.29, 1.82) is 5.26 Å². The predicted molar refractivity (Wildman–Crippen MR) is 120 cm³/mol. The number of pyridine rings is 1. The first-order chi connectivity index (χ1) is 15.3. The van der Waals surface area contributed by atoms with Crippen LogP contribution in [-0.4, -0.2) is 40.6 Å². The number of hydrogen-bond acceptors (Lipinski definition) is 5. The van der Waals surface area contributed by atoms with E-state index >= 15 is 0 Å². The van der Waals surface area contributed by atoms with E-state index in [0.29, 0.717) is 31.5 Å². The van der Waals surface area contributed by atoms with E-state index in [2.05, 4.69) is 16.4 Å². The number of ether oxygens (including phenoxy) is 1. The van der Waals surface area contributed by atoms with Crippen LogP contribution >= 0.6 is 0 Å². The molecule has 1 aliphatic rings. The van der Waals surface area contributed by atoms with Crippen molar-refractivity contribution in [3.8, 4) is 6.07 Å². The molecular formula is C25H30N4O3. The molecule has 0 aliphatic carbocycles. The number of carbonyl (C=O) groups excluding carboxylic acids is 2. The number of rotatable bonds is 5. The molecule has 0 radical (unpaired) electrons. The van der Waals surface area contributed by atoms with Crippen LogP contribution in [0.5, 0.6) is 0 Å². The van der Waals surface area contributed by atoms with E-state index in [1.54, 1.807) is 38.1 Å². The SMILES string of the molecule is CC(C)(C)OC(=O)NC(C(=O)N1CCC(C(C#N)c2cccnc2)CC1)c1ccccc1. The van der Waals surface area contributed by atoms with Crippen molar-refractivity contribution in [2.45, 2.75) is 51.2 Å². The van der Waals surface area contributed by atoms with Crippen LogP contribution in [0.3, 0.4) is 0 Å². The Bertz CT molecular complexity index is 943. The van der Waals surface area contributed by atoms with Gasteiger partial charge in [0, 0.05) is 25.5 Å². The fourth-order valence-electron chi connectivity index (χ4n) is 4.01. The van der Waals surface area contributed by atoms with E-state index in [1.165, 1.54) is 0 Å². The van der Waals surface area contributed by atoms with Crippen molar-refractivity contribution in [2.75, 3.05) is 13.1 Å². The van der Waals surface area contributed by atoms with Gasteiger partial charge in [0.1, 0.15) is 11.6 Å². The number of piperidine rings is 1. The maximum atomic E-state index is 13.4. The summed E-state index contributed by atoms with van der Waals surface area (Å²) in [6, 6.07) is 14.5. The highest BCUT2D eigenvalue weighted by Crippen LogP contribution is 2.33. The van der Waals surface area contributed by atoms with Gasteiger partial charge in [-0.05, 0) is 56.7 Å². The summed E-state index contributed by atoms with van der Waals surface area (Å²) in [5.41, 5.74) is 0.954. The minimum Gasteiger partial charge on any atom is -0.444 e. The number of aromatic nitrogens is 1. The lowest BCUT2D eigenvalue weighted by Gasteiger charge is -2.36. The van der Waals surface area contributed by atoms with Crippen molar-refractivity contribution in [2.24, 2.45) is 5.92 Å². The topological polar surface area (TPSA) is 95.3 Å². The van der Waals surface area contributed by atoms with Crippen LogP contribution in [0.1, 0.15) is 56.7 Å². The summed E-state index contributed by atoms with van der Waals surface area (Å²) < 4.78 is 5.38. The van der Waals surface area contributed by atoms with E-state index < -0.39 is 17.7 Å². The van der Waals surface area contributed by atoms with E-state index in [1.807, 2.05) is 42.5 Å². The quantitative estimate of drug-likeness (QED) is 0.761. The molecule has 1 saturated heterocycles. The lowest BCUT2D eigenvalue weighted by atomic mass is 9.81. The Hall–Kier alpha value is -3.40. The Kier molecular flexibility index (Phi) is 7.47. The molecule has 1 fully saturated rings. The summed E-state index contributed by atoms with van der Waals surface area (Å²) in [5.74, 6) is -0.261. The minimum atomic E-state index is -0.826. The zero-order valence-electron chi connectivity index (χ0n) is 18.8. The highest BCUT2D eigenvalue weighted by Gasteiger charge is 2.34. The summed E-state index contributed by atoms with van der Waals surface area (Å²) in [5, 5.41) is 12.5. The fourth-order valence-corrected chi connectivity index (χ4v) is 4.01. The minimum absolute atomic E-state index is 0.155. The van der Waals surface area contributed by atoms with Crippen LogP contribution in [0.25, 0.3) is 0 Å². The van der Waals surface area contributed by atoms with Gasteiger partial charge in [-0.3, -0.25) is 9.78 Å². The molecule has 1 N–H and O–H groups in total. The van der Waals surface area contributed by atoms with Crippen molar-refractivity contribution in [1.82, 2.24) is 15.2 Å². The van der Waals surface area contributed by atoms with Crippen LogP contribution in [0, 0.1) is 17.2 Å². The van der Waals surface area contributed by atoms with E-state index in [0.717, 1.165) is 5.56 Å². The molecule has 3 rings (SSSR count). The van der Waals surface area contributed by atoms with E-state index in [-0.39, 0.29) is 17.7 Å². The molecule has 0 bridgehead atoms. The molecule has 32 heavy (non-hydrogen) atoms. The van der Waals surface area contributed by atoms with Gasteiger partial charge in [-0.15, -0.1) is 0 Å². The molecule has 7 heteroatoms. The number of carbonyl (C=O) groups is 2. The van der Waals surface area contributed by atoms with E-state index in [4.69, 9.17) is 4.74 Å². The lowest BCUT2D eigenvalue weighted by molar-refractivity contribution is -0.135. The summed E-state index contributed by atoms with van der Waals surface area (Å²) >= 11 is 0. The largest absolute Gasteiger partial charge is 0.444 e. The second-order valence-electron chi connectivity index (χ2n) is 9.05. The Morgan fingerprint density at radius 2 is 1.78 bits per heavy atom. The number of nitrogens with one attached hydrogen (secondary N) is 1. The molecule has 7 nitrogen and oxygen atoms in total. The van der Waals surface area contributed by atoms with Gasteiger partial charge >= 0.3 is 6.09 Å². The number of benzene rings is 1. The summed E-state index contributed by atoms with van der Waals surface area (Å²) in [6.07, 6.45) is 4.23. The molecule has 2 aromatic rings. The maximum Gasteiger partial charge on any atom is 0.408 e. The third kappa shape index (κ3) is 6.07. The number of nitrogens with zero attached hydrogens (tertiary/aromatic N) is 3. The molecule has 2 heterocycles. The smallest absolute Gasteiger partial charge is 0.408 e.